The van der Waals surface area contributed by atoms with E-state index in [2.05, 4.69) is 9.99 Å². The molecule has 1 aromatic carbocycles. The molecule has 6 nitrogen and oxygen atoms in total. The van der Waals surface area contributed by atoms with Crippen LogP contribution >= 0.6 is 0 Å². The van der Waals surface area contributed by atoms with Crippen molar-refractivity contribution in [2.75, 3.05) is 20.0 Å². The van der Waals surface area contributed by atoms with Crippen LogP contribution < -0.4 is 0 Å². The van der Waals surface area contributed by atoms with Crippen LogP contribution in [0.25, 0.3) is 0 Å². The lowest BCUT2D eigenvalue weighted by Gasteiger charge is -2.06. The molecule has 19 heavy (non-hydrogen) atoms. The van der Waals surface area contributed by atoms with Crippen molar-refractivity contribution >= 4 is 21.5 Å². The number of sulfone groups is 1. The second-order valence-electron chi connectivity index (χ2n) is 3.64. The summed E-state index contributed by atoms with van der Waals surface area (Å²) in [6.07, 6.45) is 1.11. The van der Waals surface area contributed by atoms with E-state index in [4.69, 9.17) is 4.74 Å². The highest BCUT2D eigenvalue weighted by Crippen LogP contribution is 2.12. The largest absolute Gasteiger partial charge is 0.461 e. The van der Waals surface area contributed by atoms with Crippen LogP contribution in [0, 0.1) is 0 Å². The zero-order valence-corrected chi connectivity index (χ0v) is 11.7. The molecule has 0 unspecified atom stereocenters. The van der Waals surface area contributed by atoms with Crippen LogP contribution in [0.15, 0.2) is 34.3 Å². The molecule has 104 valence electrons. The molecule has 0 bridgehead atoms. The van der Waals surface area contributed by atoms with Gasteiger partial charge in [-0.15, -0.1) is 0 Å². The molecule has 0 aliphatic rings. The van der Waals surface area contributed by atoms with E-state index < -0.39 is 15.8 Å². The van der Waals surface area contributed by atoms with Gasteiger partial charge in [-0.05, 0) is 19.1 Å². The number of hydrogen-bond acceptors (Lipinski definition) is 6. The van der Waals surface area contributed by atoms with Crippen LogP contribution in [0.3, 0.4) is 0 Å². The summed E-state index contributed by atoms with van der Waals surface area (Å²) in [6.45, 7) is 1.89. The van der Waals surface area contributed by atoms with Crippen molar-refractivity contribution in [1.82, 2.24) is 0 Å². The third-order valence-electron chi connectivity index (χ3n) is 2.21. The molecule has 0 atom stereocenters. The topological polar surface area (TPSA) is 82.0 Å². The quantitative estimate of drug-likeness (QED) is 0.458. The maximum Gasteiger partial charge on any atom is 0.361 e. The minimum Gasteiger partial charge on any atom is -0.461 e. The third kappa shape index (κ3) is 4.06. The van der Waals surface area contributed by atoms with Crippen molar-refractivity contribution < 1.29 is 22.8 Å². The number of carbonyl (C=O) groups excluding carboxylic acids is 1. The fourth-order valence-corrected chi connectivity index (χ4v) is 1.99. The van der Waals surface area contributed by atoms with Gasteiger partial charge >= 0.3 is 5.97 Å². The molecule has 0 radical (unpaired) electrons. The van der Waals surface area contributed by atoms with Crippen LogP contribution in [-0.4, -0.2) is 40.1 Å². The summed E-state index contributed by atoms with van der Waals surface area (Å²) in [7, 11) is -1.97. The van der Waals surface area contributed by atoms with Crippen LogP contribution in [-0.2, 0) is 24.2 Å². The molecule has 0 heterocycles. The standard InChI is InChI=1S/C12H15NO5S/c1-4-18-12(14)11(13-17-2)9-5-7-10(8-6-9)19(3,15)16/h5-8H,4H2,1-3H3. The molecule has 1 rings (SSSR count). The molecular formula is C12H15NO5S. The summed E-state index contributed by atoms with van der Waals surface area (Å²) in [5.41, 5.74) is 0.414. The van der Waals surface area contributed by atoms with Gasteiger partial charge in [0.2, 0.25) is 0 Å². The van der Waals surface area contributed by atoms with E-state index in [9.17, 15) is 13.2 Å². The first-order chi connectivity index (χ1) is 8.90. The lowest BCUT2D eigenvalue weighted by atomic mass is 10.1. The van der Waals surface area contributed by atoms with Crippen LogP contribution in [0.4, 0.5) is 0 Å². The smallest absolute Gasteiger partial charge is 0.361 e. The number of hydrogen-bond donors (Lipinski definition) is 0. The summed E-state index contributed by atoms with van der Waals surface area (Å²) in [5, 5.41) is 3.60. The number of oxime groups is 1. The zero-order chi connectivity index (χ0) is 14.5. The Hall–Kier alpha value is -1.89. The van der Waals surface area contributed by atoms with Crippen LogP contribution in [0.1, 0.15) is 12.5 Å². The number of nitrogens with zero attached hydrogens (tertiary/aromatic N) is 1. The molecule has 1 aromatic rings. The minimum atomic E-state index is -3.28. The van der Waals surface area contributed by atoms with Gasteiger partial charge in [0.25, 0.3) is 0 Å². The van der Waals surface area contributed by atoms with Crippen molar-refractivity contribution in [3.63, 3.8) is 0 Å². The maximum atomic E-state index is 11.7. The average Bonchev–Trinajstić information content (AvgIpc) is 2.35. The highest BCUT2D eigenvalue weighted by molar-refractivity contribution is 7.90. The first-order valence-electron chi connectivity index (χ1n) is 5.49. The predicted molar refractivity (Wildman–Crippen MR) is 69.7 cm³/mol. The van der Waals surface area contributed by atoms with Crippen molar-refractivity contribution in [3.8, 4) is 0 Å². The summed E-state index contributed by atoms with van der Waals surface area (Å²) >= 11 is 0. The van der Waals surface area contributed by atoms with Gasteiger partial charge < -0.3 is 9.57 Å². The van der Waals surface area contributed by atoms with E-state index in [1.54, 1.807) is 6.92 Å². The van der Waals surface area contributed by atoms with Crippen molar-refractivity contribution in [1.29, 1.82) is 0 Å². The lowest BCUT2D eigenvalue weighted by Crippen LogP contribution is -2.19. The first kappa shape index (κ1) is 15.2. The number of benzene rings is 1. The van der Waals surface area contributed by atoms with Crippen molar-refractivity contribution in [2.24, 2.45) is 5.16 Å². The summed E-state index contributed by atoms with van der Waals surface area (Å²) in [4.78, 5) is 16.4. The Bertz CT molecular complexity index is 575. The van der Waals surface area contributed by atoms with Gasteiger partial charge in [-0.1, -0.05) is 17.3 Å². The Kier molecular flexibility index (Phi) is 5.05. The van der Waals surface area contributed by atoms with E-state index in [0.29, 0.717) is 5.56 Å². The van der Waals surface area contributed by atoms with Gasteiger partial charge in [0.1, 0.15) is 7.11 Å². The van der Waals surface area contributed by atoms with Gasteiger partial charge in [-0.2, -0.15) is 0 Å². The van der Waals surface area contributed by atoms with Gasteiger partial charge in [-0.25, -0.2) is 13.2 Å². The lowest BCUT2D eigenvalue weighted by molar-refractivity contribution is -0.135. The van der Waals surface area contributed by atoms with E-state index >= 15 is 0 Å². The third-order valence-corrected chi connectivity index (χ3v) is 3.34. The number of ether oxygens (including phenoxy) is 1. The Morgan fingerprint density at radius 2 is 1.84 bits per heavy atom. The molecule has 0 aliphatic carbocycles. The second-order valence-corrected chi connectivity index (χ2v) is 5.66. The molecule has 0 aliphatic heterocycles. The van der Waals surface area contributed by atoms with E-state index in [1.165, 1.54) is 31.4 Å². The molecule has 0 aromatic heterocycles. The van der Waals surface area contributed by atoms with Gasteiger partial charge in [0.05, 0.1) is 11.5 Å². The molecule has 0 saturated carbocycles. The molecule has 0 fully saturated rings. The maximum absolute atomic E-state index is 11.7. The summed E-state index contributed by atoms with van der Waals surface area (Å²) in [5.74, 6) is -0.628. The van der Waals surface area contributed by atoms with Crippen molar-refractivity contribution in [2.45, 2.75) is 11.8 Å². The van der Waals surface area contributed by atoms with E-state index in [-0.39, 0.29) is 17.2 Å². The summed E-state index contributed by atoms with van der Waals surface area (Å²) < 4.78 is 27.5. The second kappa shape index (κ2) is 6.33. The monoisotopic (exact) mass is 285 g/mol. The highest BCUT2D eigenvalue weighted by Gasteiger charge is 2.17. The normalized spacial score (nSPS) is 12.1. The summed E-state index contributed by atoms with van der Waals surface area (Å²) in [6, 6.07) is 5.75. The Morgan fingerprint density at radius 3 is 2.26 bits per heavy atom. The molecule has 7 heteroatoms. The van der Waals surface area contributed by atoms with E-state index in [1.807, 2.05) is 0 Å². The molecule has 0 N–H and O–H groups in total. The van der Waals surface area contributed by atoms with Crippen LogP contribution in [0.2, 0.25) is 0 Å². The zero-order valence-electron chi connectivity index (χ0n) is 10.9. The Labute approximate surface area is 111 Å². The minimum absolute atomic E-state index is 0.00981. The number of esters is 1. The fourth-order valence-electron chi connectivity index (χ4n) is 1.36. The molecular weight excluding hydrogens is 270 g/mol. The predicted octanol–water partition coefficient (Wildman–Crippen LogP) is 1.00. The average molecular weight is 285 g/mol. The Balaban J connectivity index is 3.12. The molecule has 0 amide bonds. The van der Waals surface area contributed by atoms with Crippen LogP contribution in [0.5, 0.6) is 0 Å². The van der Waals surface area contributed by atoms with E-state index in [0.717, 1.165) is 6.26 Å². The van der Waals surface area contributed by atoms with Gasteiger partial charge in [0.15, 0.2) is 15.5 Å². The van der Waals surface area contributed by atoms with Gasteiger partial charge in [0, 0.05) is 11.8 Å². The fraction of sp³-hybridized carbons (Fsp3) is 0.333. The number of carbonyl (C=O) groups is 1. The molecule has 0 saturated heterocycles. The Morgan fingerprint density at radius 1 is 1.26 bits per heavy atom. The first-order valence-corrected chi connectivity index (χ1v) is 7.38. The van der Waals surface area contributed by atoms with Gasteiger partial charge in [-0.3, -0.25) is 0 Å². The molecule has 0 spiro atoms. The SMILES string of the molecule is CCOC(=O)C(=NOC)c1ccc(S(C)(=O)=O)cc1. The number of rotatable bonds is 5. The highest BCUT2D eigenvalue weighted by atomic mass is 32.2. The van der Waals surface area contributed by atoms with Crippen molar-refractivity contribution in [3.05, 3.63) is 29.8 Å².